The standard InChI is InChI=1S/C18H10N2OS2/c19-11-15(12-20)14-9-17(13-5-2-1-3-6-13)23(21)18(10-14)16-7-4-8-22-16/h1-10H. The van der Waals surface area contributed by atoms with Crippen LogP contribution in [-0.2, 0) is 10.8 Å². The zero-order chi connectivity index (χ0) is 16.2. The van der Waals surface area contributed by atoms with E-state index in [1.54, 1.807) is 12.2 Å². The van der Waals surface area contributed by atoms with Crippen LogP contribution in [0.15, 0.2) is 71.1 Å². The maximum atomic E-state index is 13.0. The van der Waals surface area contributed by atoms with Crippen LogP contribution in [0.5, 0.6) is 0 Å². The first-order valence-corrected chi connectivity index (χ1v) is 8.76. The zero-order valence-electron chi connectivity index (χ0n) is 11.9. The molecule has 0 fully saturated rings. The lowest BCUT2D eigenvalue weighted by atomic mass is 10.1. The first-order chi connectivity index (χ1) is 11.2. The largest absolute Gasteiger partial charge is 0.249 e. The number of thiophene rings is 1. The highest BCUT2D eigenvalue weighted by Crippen LogP contribution is 2.37. The van der Waals surface area contributed by atoms with Gasteiger partial charge in [-0.2, -0.15) is 10.5 Å². The van der Waals surface area contributed by atoms with Crippen LogP contribution < -0.4 is 0 Å². The third-order valence-corrected chi connectivity index (χ3v) is 5.83. The number of rotatable bonds is 2. The Morgan fingerprint density at radius 3 is 2.26 bits per heavy atom. The minimum Gasteiger partial charge on any atom is -0.249 e. The fraction of sp³-hybridized carbons (Fsp3) is 0. The molecule has 0 saturated carbocycles. The fourth-order valence-corrected chi connectivity index (χ4v) is 4.54. The van der Waals surface area contributed by atoms with Crippen molar-refractivity contribution in [2.75, 3.05) is 0 Å². The molecule has 1 aliphatic heterocycles. The third kappa shape index (κ3) is 2.93. The lowest BCUT2D eigenvalue weighted by molar-refractivity contribution is 0.694. The maximum absolute atomic E-state index is 13.0. The van der Waals surface area contributed by atoms with Crippen molar-refractivity contribution in [2.45, 2.75) is 0 Å². The van der Waals surface area contributed by atoms with Crippen molar-refractivity contribution in [3.8, 4) is 12.1 Å². The van der Waals surface area contributed by atoms with Crippen molar-refractivity contribution in [3.05, 3.63) is 81.6 Å². The normalized spacial score (nSPS) is 16.8. The summed E-state index contributed by atoms with van der Waals surface area (Å²) in [6.07, 6.45) is 3.35. The minimum absolute atomic E-state index is 0.0178. The molecule has 0 aliphatic carbocycles. The first kappa shape index (κ1) is 15.2. The Bertz CT molecular complexity index is 921. The summed E-state index contributed by atoms with van der Waals surface area (Å²) in [5, 5.41) is 20.2. The average molecular weight is 334 g/mol. The van der Waals surface area contributed by atoms with Crippen LogP contribution >= 0.6 is 11.3 Å². The predicted octanol–water partition coefficient (Wildman–Crippen LogP) is 4.24. The summed E-state index contributed by atoms with van der Waals surface area (Å²) in [6.45, 7) is 0. The van der Waals surface area contributed by atoms with Crippen molar-refractivity contribution in [1.29, 1.82) is 10.5 Å². The van der Waals surface area contributed by atoms with E-state index >= 15 is 0 Å². The molecule has 2 heterocycles. The van der Waals surface area contributed by atoms with E-state index in [2.05, 4.69) is 0 Å². The minimum atomic E-state index is -1.36. The van der Waals surface area contributed by atoms with E-state index in [0.29, 0.717) is 15.4 Å². The molecule has 0 bridgehead atoms. The second-order valence-corrected chi connectivity index (χ2v) is 7.05. The molecule has 0 amide bonds. The molecule has 0 saturated heterocycles. The SMILES string of the molecule is N#CC(C#N)=C1C=C(c2ccccc2)S(=O)C(c2cccs2)=C1. The molecule has 23 heavy (non-hydrogen) atoms. The second kappa shape index (κ2) is 6.58. The number of nitriles is 2. The van der Waals surface area contributed by atoms with E-state index in [4.69, 9.17) is 10.5 Å². The molecule has 5 heteroatoms. The summed E-state index contributed by atoms with van der Waals surface area (Å²) in [7, 11) is -1.36. The third-order valence-electron chi connectivity index (χ3n) is 3.31. The molecule has 2 aromatic rings. The van der Waals surface area contributed by atoms with E-state index < -0.39 is 10.8 Å². The van der Waals surface area contributed by atoms with Gasteiger partial charge in [0.05, 0.1) is 20.6 Å². The van der Waals surface area contributed by atoms with Gasteiger partial charge < -0.3 is 0 Å². The van der Waals surface area contributed by atoms with Crippen LogP contribution in [0.4, 0.5) is 0 Å². The maximum Gasteiger partial charge on any atom is 0.136 e. The first-order valence-electron chi connectivity index (χ1n) is 6.73. The van der Waals surface area contributed by atoms with Crippen LogP contribution in [0.2, 0.25) is 0 Å². The summed E-state index contributed by atoms with van der Waals surface area (Å²) in [4.78, 5) is 2.10. The van der Waals surface area contributed by atoms with Gasteiger partial charge in [0.15, 0.2) is 0 Å². The van der Waals surface area contributed by atoms with Crippen molar-refractivity contribution < 1.29 is 4.21 Å². The summed E-state index contributed by atoms with van der Waals surface area (Å²) >= 11 is 1.48. The highest BCUT2D eigenvalue weighted by Gasteiger charge is 2.23. The predicted molar refractivity (Wildman–Crippen MR) is 93.1 cm³/mol. The molecule has 0 spiro atoms. The van der Waals surface area contributed by atoms with E-state index in [-0.39, 0.29) is 5.57 Å². The quantitative estimate of drug-likeness (QED) is 0.772. The monoisotopic (exact) mass is 334 g/mol. The number of nitrogens with zero attached hydrogens (tertiary/aromatic N) is 2. The van der Waals surface area contributed by atoms with Gasteiger partial charge in [-0.15, -0.1) is 11.3 Å². The molecular weight excluding hydrogens is 324 g/mol. The Morgan fingerprint density at radius 1 is 0.957 bits per heavy atom. The molecule has 1 aromatic carbocycles. The number of benzene rings is 1. The summed E-state index contributed by atoms with van der Waals surface area (Å²) in [6, 6.07) is 17.0. The Hall–Kier alpha value is -2.73. The molecule has 0 radical (unpaired) electrons. The van der Waals surface area contributed by atoms with E-state index in [9.17, 15) is 4.21 Å². The van der Waals surface area contributed by atoms with Gasteiger partial charge >= 0.3 is 0 Å². The van der Waals surface area contributed by atoms with Gasteiger partial charge in [0.2, 0.25) is 0 Å². The molecule has 3 nitrogen and oxygen atoms in total. The fourth-order valence-electron chi connectivity index (χ4n) is 2.22. The topological polar surface area (TPSA) is 64.7 Å². The lowest BCUT2D eigenvalue weighted by Crippen LogP contribution is -2.03. The highest BCUT2D eigenvalue weighted by atomic mass is 32.2. The van der Waals surface area contributed by atoms with Gasteiger partial charge in [-0.3, -0.25) is 0 Å². The molecule has 1 aliphatic rings. The van der Waals surface area contributed by atoms with Gasteiger partial charge in [0, 0.05) is 10.5 Å². The van der Waals surface area contributed by atoms with Crippen molar-refractivity contribution >= 4 is 31.9 Å². The van der Waals surface area contributed by atoms with Gasteiger partial charge in [-0.25, -0.2) is 4.21 Å². The number of hydrogen-bond donors (Lipinski definition) is 0. The number of allylic oxidation sites excluding steroid dienone is 4. The van der Waals surface area contributed by atoms with Crippen LogP contribution in [0.25, 0.3) is 9.81 Å². The Morgan fingerprint density at radius 2 is 1.65 bits per heavy atom. The summed E-state index contributed by atoms with van der Waals surface area (Å²) < 4.78 is 13.0. The summed E-state index contributed by atoms with van der Waals surface area (Å²) in [5.74, 6) is 0. The smallest absolute Gasteiger partial charge is 0.136 e. The Labute approximate surface area is 140 Å². The van der Waals surface area contributed by atoms with Crippen LogP contribution in [0.1, 0.15) is 10.4 Å². The van der Waals surface area contributed by atoms with E-state index in [1.807, 2.05) is 60.0 Å². The van der Waals surface area contributed by atoms with Gasteiger partial charge in [-0.1, -0.05) is 36.4 Å². The van der Waals surface area contributed by atoms with E-state index in [0.717, 1.165) is 10.4 Å². The van der Waals surface area contributed by atoms with Crippen LogP contribution in [0.3, 0.4) is 0 Å². The molecule has 1 atom stereocenters. The molecule has 110 valence electrons. The molecule has 1 unspecified atom stereocenters. The average Bonchev–Trinajstić information content (AvgIpc) is 3.12. The second-order valence-electron chi connectivity index (χ2n) is 4.68. The van der Waals surface area contributed by atoms with Crippen molar-refractivity contribution in [1.82, 2.24) is 0 Å². The van der Waals surface area contributed by atoms with Gasteiger partial charge in [-0.05, 0) is 29.2 Å². The molecule has 3 rings (SSSR count). The van der Waals surface area contributed by atoms with E-state index in [1.165, 1.54) is 11.3 Å². The van der Waals surface area contributed by atoms with Crippen LogP contribution in [0, 0.1) is 22.7 Å². The molecular formula is C18H10N2OS2. The Balaban J connectivity index is 2.22. The van der Waals surface area contributed by atoms with Crippen molar-refractivity contribution in [2.24, 2.45) is 0 Å². The summed E-state index contributed by atoms with van der Waals surface area (Å²) in [5.41, 5.74) is 1.33. The Kier molecular flexibility index (Phi) is 4.34. The molecule has 0 N–H and O–H groups in total. The van der Waals surface area contributed by atoms with Gasteiger partial charge in [0.1, 0.15) is 17.7 Å². The number of hydrogen-bond acceptors (Lipinski definition) is 4. The zero-order valence-corrected chi connectivity index (χ0v) is 13.5. The lowest BCUT2D eigenvalue weighted by Gasteiger charge is -2.16. The van der Waals surface area contributed by atoms with Crippen LogP contribution in [-0.4, -0.2) is 4.21 Å². The molecule has 1 aromatic heterocycles. The van der Waals surface area contributed by atoms with Crippen molar-refractivity contribution in [3.63, 3.8) is 0 Å². The van der Waals surface area contributed by atoms with Gasteiger partial charge in [0.25, 0.3) is 0 Å². The highest BCUT2D eigenvalue weighted by molar-refractivity contribution is 8.03.